The predicted molar refractivity (Wildman–Crippen MR) is 152 cm³/mol. The van der Waals surface area contributed by atoms with E-state index < -0.39 is 23.5 Å². The third kappa shape index (κ3) is 6.62. The number of hydrogen-bond acceptors (Lipinski definition) is 4. The summed E-state index contributed by atoms with van der Waals surface area (Å²) in [7, 11) is 1.71. The molecule has 0 unspecified atom stereocenters. The molecule has 1 saturated heterocycles. The lowest BCUT2D eigenvalue weighted by molar-refractivity contribution is -0.146. The lowest BCUT2D eigenvalue weighted by atomic mass is 9.83. The summed E-state index contributed by atoms with van der Waals surface area (Å²) in [6.07, 6.45) is 8.88. The summed E-state index contributed by atoms with van der Waals surface area (Å²) in [4.78, 5) is 42.5. The van der Waals surface area contributed by atoms with Gasteiger partial charge in [-0.2, -0.15) is 0 Å². The fourth-order valence-electron chi connectivity index (χ4n) is 5.29. The number of nitrogens with one attached hydrogen (secondary N) is 3. The van der Waals surface area contributed by atoms with E-state index in [2.05, 4.69) is 34.7 Å². The maximum Gasteiger partial charge on any atom is 0.246 e. The zero-order valence-electron chi connectivity index (χ0n) is 23.8. The lowest BCUT2D eigenvalue weighted by Gasteiger charge is -2.42. The first kappa shape index (κ1) is 29.4. The molecule has 38 heavy (non-hydrogen) atoms. The summed E-state index contributed by atoms with van der Waals surface area (Å²) in [5, 5.41) is 9.15. The SMILES string of the molecule is C=C/C=C1/C[C@@H](C(=O)N[C@@H]2CCCc3ccccc32)N(C(=O)[C@@H](NC(=O)[C@H](C)NC)C(C)(C)C)C/C1=C/C. The summed E-state index contributed by atoms with van der Waals surface area (Å²) in [6, 6.07) is 6.21. The van der Waals surface area contributed by atoms with Gasteiger partial charge in [-0.25, -0.2) is 0 Å². The van der Waals surface area contributed by atoms with Gasteiger partial charge < -0.3 is 20.9 Å². The first-order valence-corrected chi connectivity index (χ1v) is 13.6. The third-order valence-electron chi connectivity index (χ3n) is 7.71. The van der Waals surface area contributed by atoms with E-state index in [4.69, 9.17) is 0 Å². The van der Waals surface area contributed by atoms with Crippen LogP contribution in [0, 0.1) is 5.41 Å². The fourth-order valence-corrected chi connectivity index (χ4v) is 5.29. The van der Waals surface area contributed by atoms with Crippen LogP contribution in [0.1, 0.15) is 71.0 Å². The van der Waals surface area contributed by atoms with Gasteiger partial charge in [0.25, 0.3) is 0 Å². The molecule has 0 spiro atoms. The Morgan fingerprint density at radius 3 is 2.50 bits per heavy atom. The Hall–Kier alpha value is -3.19. The van der Waals surface area contributed by atoms with Crippen molar-refractivity contribution in [1.82, 2.24) is 20.9 Å². The van der Waals surface area contributed by atoms with Crippen LogP contribution in [0.2, 0.25) is 0 Å². The number of carbonyl (C=O) groups is 3. The number of aryl methyl sites for hydroxylation is 1. The zero-order chi connectivity index (χ0) is 28.0. The first-order chi connectivity index (χ1) is 18.0. The number of allylic oxidation sites excluding steroid dienone is 3. The van der Waals surface area contributed by atoms with Crippen LogP contribution >= 0.6 is 0 Å². The van der Waals surface area contributed by atoms with Gasteiger partial charge in [-0.3, -0.25) is 14.4 Å². The molecule has 0 radical (unpaired) electrons. The zero-order valence-corrected chi connectivity index (χ0v) is 23.8. The quantitative estimate of drug-likeness (QED) is 0.507. The van der Waals surface area contributed by atoms with Crippen LogP contribution in [0.4, 0.5) is 0 Å². The van der Waals surface area contributed by atoms with Crippen molar-refractivity contribution in [2.45, 2.75) is 84.5 Å². The summed E-state index contributed by atoms with van der Waals surface area (Å²) >= 11 is 0. The van der Waals surface area contributed by atoms with Crippen LogP contribution in [0.5, 0.6) is 0 Å². The van der Waals surface area contributed by atoms with Gasteiger partial charge in [0.15, 0.2) is 0 Å². The topological polar surface area (TPSA) is 90.5 Å². The van der Waals surface area contributed by atoms with Gasteiger partial charge in [0.2, 0.25) is 17.7 Å². The molecular formula is C31H44N4O3. The van der Waals surface area contributed by atoms with Gasteiger partial charge in [-0.1, -0.05) is 69.8 Å². The van der Waals surface area contributed by atoms with E-state index in [0.29, 0.717) is 13.0 Å². The molecule has 206 valence electrons. The van der Waals surface area contributed by atoms with Gasteiger partial charge in [0.05, 0.1) is 12.1 Å². The van der Waals surface area contributed by atoms with E-state index in [1.54, 1.807) is 24.9 Å². The van der Waals surface area contributed by atoms with Gasteiger partial charge in [-0.05, 0) is 67.8 Å². The van der Waals surface area contributed by atoms with E-state index in [9.17, 15) is 14.4 Å². The second kappa shape index (κ2) is 12.6. The molecule has 1 aromatic carbocycles. The van der Waals surface area contributed by atoms with E-state index in [1.807, 2.05) is 52.0 Å². The summed E-state index contributed by atoms with van der Waals surface area (Å²) in [5.74, 6) is -0.681. The Bertz CT molecular complexity index is 1110. The highest BCUT2D eigenvalue weighted by Gasteiger charge is 2.43. The summed E-state index contributed by atoms with van der Waals surface area (Å²) in [6.45, 7) is 13.6. The number of nitrogens with zero attached hydrogens (tertiary/aromatic N) is 1. The average molecular weight is 521 g/mol. The van der Waals surface area contributed by atoms with Crippen molar-refractivity contribution >= 4 is 17.7 Å². The van der Waals surface area contributed by atoms with Gasteiger partial charge in [0, 0.05) is 13.0 Å². The molecule has 3 rings (SSSR count). The lowest BCUT2D eigenvalue weighted by Crippen LogP contribution is -2.62. The molecule has 1 aromatic rings. The molecule has 4 atom stereocenters. The maximum atomic E-state index is 14.2. The van der Waals surface area contributed by atoms with Crippen molar-refractivity contribution in [1.29, 1.82) is 0 Å². The van der Waals surface area contributed by atoms with Crippen LogP contribution in [0.15, 0.2) is 60.2 Å². The number of benzene rings is 1. The number of carbonyl (C=O) groups excluding carboxylic acids is 3. The molecule has 0 bridgehead atoms. The minimum absolute atomic E-state index is 0.0889. The third-order valence-corrected chi connectivity index (χ3v) is 7.71. The van der Waals surface area contributed by atoms with Crippen LogP contribution in [0.25, 0.3) is 0 Å². The molecule has 1 aliphatic heterocycles. The highest BCUT2D eigenvalue weighted by Crippen LogP contribution is 2.33. The molecule has 1 aliphatic carbocycles. The largest absolute Gasteiger partial charge is 0.347 e. The standard InChI is InChI=1S/C31H44N4O3/c1-8-13-23-18-26(29(37)33-25-17-12-15-22-14-10-11-16-24(22)25)35(19-21(23)9-2)30(38)27(31(4,5)6)34-28(36)20(3)32-7/h8-11,13-14,16,20,25-27,32H,1,12,15,17-19H2,2-7H3,(H,33,37)(H,34,36)/b21-9-,23-13-/t20-,25+,26-,27+/m0/s1. The van der Waals surface area contributed by atoms with E-state index in [-0.39, 0.29) is 23.8 Å². The number of likely N-dealkylation sites (N-methyl/N-ethyl adjacent to an activating group) is 1. The Labute approximate surface area is 227 Å². The molecule has 1 heterocycles. The van der Waals surface area contributed by atoms with Crippen molar-refractivity contribution in [2.24, 2.45) is 5.41 Å². The smallest absolute Gasteiger partial charge is 0.246 e. The second-order valence-electron chi connectivity index (χ2n) is 11.4. The predicted octanol–water partition coefficient (Wildman–Crippen LogP) is 3.98. The minimum Gasteiger partial charge on any atom is -0.347 e. The van der Waals surface area contributed by atoms with Gasteiger partial charge >= 0.3 is 0 Å². The Balaban J connectivity index is 1.95. The number of amides is 3. The van der Waals surface area contributed by atoms with Crippen LogP contribution in [-0.2, 0) is 20.8 Å². The maximum absolute atomic E-state index is 14.2. The second-order valence-corrected chi connectivity index (χ2v) is 11.4. The summed E-state index contributed by atoms with van der Waals surface area (Å²) in [5.41, 5.74) is 3.83. The van der Waals surface area contributed by atoms with Crippen LogP contribution in [-0.4, -0.2) is 54.3 Å². The monoisotopic (exact) mass is 520 g/mol. The highest BCUT2D eigenvalue weighted by molar-refractivity contribution is 5.94. The van der Waals surface area contributed by atoms with Gasteiger partial charge in [-0.15, -0.1) is 0 Å². The fraction of sp³-hybridized carbons (Fsp3) is 0.516. The summed E-state index contributed by atoms with van der Waals surface area (Å²) < 4.78 is 0. The van der Waals surface area contributed by atoms with Gasteiger partial charge in [0.1, 0.15) is 12.1 Å². The van der Waals surface area contributed by atoms with E-state index >= 15 is 0 Å². The number of fused-ring (bicyclic) bond motifs is 1. The number of hydrogen-bond donors (Lipinski definition) is 3. The average Bonchev–Trinajstić information content (AvgIpc) is 2.90. The normalized spacial score (nSPS) is 23.4. The van der Waals surface area contributed by atoms with E-state index in [1.165, 1.54) is 5.56 Å². The van der Waals surface area contributed by atoms with E-state index in [0.717, 1.165) is 36.0 Å². The molecule has 3 N–H and O–H groups in total. The van der Waals surface area contributed by atoms with Crippen LogP contribution < -0.4 is 16.0 Å². The number of likely N-dealkylation sites (tertiary alicyclic amines) is 1. The van der Waals surface area contributed by atoms with Crippen molar-refractivity contribution in [3.8, 4) is 0 Å². The molecule has 0 aromatic heterocycles. The molecule has 3 amide bonds. The van der Waals surface area contributed by atoms with Crippen molar-refractivity contribution in [2.75, 3.05) is 13.6 Å². The molecule has 0 saturated carbocycles. The Morgan fingerprint density at radius 2 is 1.87 bits per heavy atom. The van der Waals surface area contributed by atoms with Crippen molar-refractivity contribution in [3.63, 3.8) is 0 Å². The molecule has 7 heteroatoms. The molecule has 7 nitrogen and oxygen atoms in total. The first-order valence-electron chi connectivity index (χ1n) is 13.6. The van der Waals surface area contributed by atoms with Crippen molar-refractivity contribution in [3.05, 3.63) is 71.3 Å². The molecule has 2 aliphatic rings. The van der Waals surface area contributed by atoms with Crippen LogP contribution in [0.3, 0.4) is 0 Å². The van der Waals surface area contributed by atoms with Crippen molar-refractivity contribution < 1.29 is 14.4 Å². The number of rotatable bonds is 7. The number of piperidine rings is 1. The minimum atomic E-state index is -0.792. The Morgan fingerprint density at radius 1 is 1.16 bits per heavy atom. The molecular weight excluding hydrogens is 476 g/mol. The Kier molecular flexibility index (Phi) is 9.71. The molecule has 1 fully saturated rings. The highest BCUT2D eigenvalue weighted by atomic mass is 16.2.